The van der Waals surface area contributed by atoms with E-state index in [-0.39, 0.29) is 16.1 Å². The Morgan fingerprint density at radius 2 is 2.18 bits per heavy atom. The first-order chi connectivity index (χ1) is 10.4. The largest absolute Gasteiger partial charge is 0.461 e. The van der Waals surface area contributed by atoms with Crippen molar-refractivity contribution in [2.24, 2.45) is 5.73 Å². The van der Waals surface area contributed by atoms with E-state index in [2.05, 4.69) is 28.7 Å². The van der Waals surface area contributed by atoms with Crippen LogP contribution in [0, 0.1) is 0 Å². The fraction of sp³-hybridized carbons (Fsp3) is 0.471. The minimum absolute atomic E-state index is 0.0790. The van der Waals surface area contributed by atoms with Gasteiger partial charge in [-0.2, -0.15) is 0 Å². The van der Waals surface area contributed by atoms with Gasteiger partial charge in [-0.15, -0.1) is 0 Å². The molecule has 1 aliphatic rings. The maximum absolute atomic E-state index is 12.4. The molecule has 0 amide bonds. The average molecular weight is 415 g/mol. The quantitative estimate of drug-likeness (QED) is 0.255. The molecule has 5 heteroatoms. The van der Waals surface area contributed by atoms with E-state index < -0.39 is 5.60 Å². The fourth-order valence-electron chi connectivity index (χ4n) is 2.50. The van der Waals surface area contributed by atoms with E-state index in [1.165, 1.54) is 0 Å². The number of rotatable bonds is 6. The summed E-state index contributed by atoms with van der Waals surface area (Å²) in [6.45, 7) is 4.12. The Kier molecular flexibility index (Phi) is 6.00. The number of ether oxygens (including phenoxy) is 2. The smallest absolute Gasteiger partial charge is 0.343 e. The third kappa shape index (κ3) is 4.54. The van der Waals surface area contributed by atoms with E-state index in [4.69, 9.17) is 15.2 Å². The van der Waals surface area contributed by atoms with Gasteiger partial charge in [0.1, 0.15) is 0 Å². The van der Waals surface area contributed by atoms with Gasteiger partial charge in [-0.05, 0) is 37.5 Å². The van der Waals surface area contributed by atoms with Gasteiger partial charge in [0.15, 0.2) is 5.60 Å². The van der Waals surface area contributed by atoms with Gasteiger partial charge < -0.3 is 15.2 Å². The van der Waals surface area contributed by atoms with Crippen LogP contribution < -0.4 is 5.73 Å². The maximum atomic E-state index is 12.4. The lowest BCUT2D eigenvalue weighted by Gasteiger charge is -2.26. The minimum Gasteiger partial charge on any atom is -0.461 e. The molecule has 2 atom stereocenters. The van der Waals surface area contributed by atoms with E-state index in [9.17, 15) is 4.79 Å². The normalized spacial score (nSPS) is 22.0. The second-order valence-corrected chi connectivity index (χ2v) is 7.37. The molecule has 1 aromatic rings. The van der Waals surface area contributed by atoms with Crippen molar-refractivity contribution in [3.8, 4) is 0 Å². The van der Waals surface area contributed by atoms with Crippen molar-refractivity contribution in [1.29, 1.82) is 0 Å². The summed E-state index contributed by atoms with van der Waals surface area (Å²) in [6, 6.07) is 8.12. The fourth-order valence-corrected chi connectivity index (χ4v) is 3.01. The summed E-state index contributed by atoms with van der Waals surface area (Å²) in [6.07, 6.45) is 4.79. The van der Waals surface area contributed by atoms with Crippen LogP contribution in [0.2, 0.25) is 0 Å². The first kappa shape index (κ1) is 17.4. The lowest BCUT2D eigenvalue weighted by Crippen LogP contribution is -2.42. The van der Waals surface area contributed by atoms with E-state index in [1.807, 2.05) is 44.2 Å². The molecule has 4 nitrogen and oxygen atoms in total. The molecule has 0 spiro atoms. The van der Waals surface area contributed by atoms with Crippen molar-refractivity contribution in [3.63, 3.8) is 0 Å². The zero-order chi connectivity index (χ0) is 16.2. The summed E-state index contributed by atoms with van der Waals surface area (Å²) in [7, 11) is 0. The first-order valence-corrected chi connectivity index (χ1v) is 8.66. The van der Waals surface area contributed by atoms with Crippen LogP contribution in [0.15, 0.2) is 36.4 Å². The van der Waals surface area contributed by atoms with Gasteiger partial charge in [0.05, 0.1) is 16.8 Å². The van der Waals surface area contributed by atoms with Gasteiger partial charge in [0, 0.05) is 6.42 Å². The molecule has 2 rings (SSSR count). The number of carbonyl (C=O) groups is 1. The Balaban J connectivity index is 2.18. The van der Waals surface area contributed by atoms with Gasteiger partial charge in [-0.1, -0.05) is 52.9 Å². The number of alkyl halides is 1. The molecule has 120 valence electrons. The Bertz CT molecular complexity index is 557. The molecular formula is C17H22INO3. The van der Waals surface area contributed by atoms with E-state index in [1.54, 1.807) is 0 Å². The Morgan fingerprint density at radius 1 is 1.45 bits per heavy atom. The zero-order valence-electron chi connectivity index (χ0n) is 12.9. The number of hydrogen-bond acceptors (Lipinski definition) is 4. The number of esters is 1. The molecule has 0 fully saturated rings. The molecule has 0 radical (unpaired) electrons. The third-order valence-corrected chi connectivity index (χ3v) is 3.84. The van der Waals surface area contributed by atoms with Crippen LogP contribution in [0.3, 0.4) is 0 Å². The van der Waals surface area contributed by atoms with Crippen LogP contribution in [0.25, 0.3) is 0 Å². The van der Waals surface area contributed by atoms with Crippen LogP contribution >= 0.6 is 22.6 Å². The van der Waals surface area contributed by atoms with Crippen molar-refractivity contribution in [1.82, 2.24) is 0 Å². The van der Waals surface area contributed by atoms with Crippen LogP contribution in [-0.2, 0) is 27.1 Å². The van der Waals surface area contributed by atoms with Crippen LogP contribution in [0.5, 0.6) is 0 Å². The van der Waals surface area contributed by atoms with Gasteiger partial charge in [-0.25, -0.2) is 4.79 Å². The van der Waals surface area contributed by atoms with Crippen molar-refractivity contribution in [3.05, 3.63) is 47.5 Å². The highest BCUT2D eigenvalue weighted by atomic mass is 127. The zero-order valence-corrected chi connectivity index (χ0v) is 15.1. The molecule has 2 unspecified atom stereocenters. The highest BCUT2D eigenvalue weighted by molar-refractivity contribution is 14.1. The molecule has 1 heterocycles. The third-order valence-electron chi connectivity index (χ3n) is 3.40. The van der Waals surface area contributed by atoms with Gasteiger partial charge in [-0.3, -0.25) is 0 Å². The highest BCUT2D eigenvalue weighted by Gasteiger charge is 2.41. The molecule has 0 aliphatic carbocycles. The van der Waals surface area contributed by atoms with E-state index >= 15 is 0 Å². The summed E-state index contributed by atoms with van der Waals surface area (Å²) in [5, 5.41) is 0. The van der Waals surface area contributed by atoms with Gasteiger partial charge >= 0.3 is 5.97 Å². The molecule has 2 N–H and O–H groups in total. The SMILES string of the molecule is CC(C)OC(=O)C1(Cc2cccc(CC(N)I)c2)C=CCO1. The van der Waals surface area contributed by atoms with E-state index in [0.717, 1.165) is 17.5 Å². The molecule has 1 aliphatic heterocycles. The standard InChI is InChI=1S/C17H22INO3/c1-12(2)22-16(20)17(7-4-8-21-17)11-14-6-3-5-13(9-14)10-15(18)19/h3-7,9,12,15H,8,10-11,19H2,1-2H3. The number of carbonyl (C=O) groups excluding carboxylic acids is 1. The molecule has 22 heavy (non-hydrogen) atoms. The maximum Gasteiger partial charge on any atom is 0.343 e. The summed E-state index contributed by atoms with van der Waals surface area (Å²) in [5.41, 5.74) is 7.04. The number of hydrogen-bond donors (Lipinski definition) is 1. The number of benzene rings is 1. The molecule has 0 saturated heterocycles. The molecule has 0 aromatic heterocycles. The van der Waals surface area contributed by atoms with Crippen molar-refractivity contribution in [2.75, 3.05) is 6.61 Å². The molecule has 1 aromatic carbocycles. The summed E-state index contributed by atoms with van der Waals surface area (Å²) < 4.78 is 11.2. The second-order valence-electron chi connectivity index (χ2n) is 5.77. The van der Waals surface area contributed by atoms with Crippen LogP contribution in [0.1, 0.15) is 25.0 Å². The Hall–Kier alpha value is -0.920. The molecular weight excluding hydrogens is 393 g/mol. The second kappa shape index (κ2) is 7.57. The first-order valence-electron chi connectivity index (χ1n) is 7.41. The summed E-state index contributed by atoms with van der Waals surface area (Å²) in [5.74, 6) is -0.327. The topological polar surface area (TPSA) is 61.5 Å². The van der Waals surface area contributed by atoms with Crippen molar-refractivity contribution in [2.45, 2.75) is 42.4 Å². The van der Waals surface area contributed by atoms with Crippen LogP contribution in [-0.4, -0.2) is 28.3 Å². The summed E-state index contributed by atoms with van der Waals surface area (Å²) >= 11 is 2.20. The average Bonchev–Trinajstić information content (AvgIpc) is 2.87. The highest BCUT2D eigenvalue weighted by Crippen LogP contribution is 2.27. The van der Waals surface area contributed by atoms with Gasteiger partial charge in [0.25, 0.3) is 0 Å². The number of nitrogens with two attached hydrogens (primary N) is 1. The molecule has 0 saturated carbocycles. The van der Waals surface area contributed by atoms with Crippen molar-refractivity contribution >= 4 is 28.6 Å². The predicted octanol–water partition coefficient (Wildman–Crippen LogP) is 2.77. The van der Waals surface area contributed by atoms with E-state index in [0.29, 0.717) is 13.0 Å². The monoisotopic (exact) mass is 415 g/mol. The van der Waals surface area contributed by atoms with Crippen molar-refractivity contribution < 1.29 is 14.3 Å². The minimum atomic E-state index is -1.00. The lowest BCUT2D eigenvalue weighted by molar-refractivity contribution is -0.167. The van der Waals surface area contributed by atoms with Gasteiger partial charge in [0.2, 0.25) is 0 Å². The Morgan fingerprint density at radius 3 is 2.77 bits per heavy atom. The van der Waals surface area contributed by atoms with Crippen LogP contribution in [0.4, 0.5) is 0 Å². The molecule has 0 bridgehead atoms. The number of halogens is 1. The predicted molar refractivity (Wildman–Crippen MR) is 94.9 cm³/mol. The summed E-state index contributed by atoms with van der Waals surface area (Å²) in [4.78, 5) is 12.4. The Labute approximate surface area is 145 Å². The lowest BCUT2D eigenvalue weighted by atomic mass is 9.93.